The quantitative estimate of drug-likeness (QED) is 0.556. The summed E-state index contributed by atoms with van der Waals surface area (Å²) >= 11 is 0. The van der Waals surface area contributed by atoms with E-state index in [4.69, 9.17) is 4.74 Å². The molecule has 0 fully saturated rings. The van der Waals surface area contributed by atoms with Crippen LogP contribution >= 0.6 is 0 Å². The van der Waals surface area contributed by atoms with Crippen molar-refractivity contribution in [3.05, 3.63) is 71.8 Å². The molecule has 152 valence electrons. The minimum Gasteiger partial charge on any atom is -0.491 e. The molecule has 0 aliphatic rings. The van der Waals surface area contributed by atoms with Crippen LogP contribution in [0.3, 0.4) is 0 Å². The number of rotatable bonds is 8. The van der Waals surface area contributed by atoms with Crippen molar-refractivity contribution in [3.8, 4) is 5.75 Å². The van der Waals surface area contributed by atoms with Crippen LogP contribution in [-0.4, -0.2) is 34.0 Å². The maximum absolute atomic E-state index is 12.5. The van der Waals surface area contributed by atoms with Gasteiger partial charge in [-0.25, -0.2) is 13.1 Å². The topological polar surface area (TPSA) is 84.5 Å². The van der Waals surface area contributed by atoms with Crippen LogP contribution < -0.4 is 14.8 Å². The first-order chi connectivity index (χ1) is 13.9. The Balaban J connectivity index is 1.64. The van der Waals surface area contributed by atoms with Crippen LogP contribution in [0, 0.1) is 6.92 Å². The highest BCUT2D eigenvalue weighted by Gasteiger charge is 2.17. The second kappa shape index (κ2) is 9.07. The molecule has 0 heterocycles. The van der Waals surface area contributed by atoms with Crippen LogP contribution in [0.2, 0.25) is 0 Å². The van der Waals surface area contributed by atoms with Crippen molar-refractivity contribution in [2.45, 2.75) is 18.7 Å². The Bertz CT molecular complexity index is 1120. The Hall–Kier alpha value is -2.90. The van der Waals surface area contributed by atoms with Gasteiger partial charge in [-0.1, -0.05) is 49.4 Å². The fourth-order valence-corrected chi connectivity index (χ4v) is 4.10. The number of hydrogen-bond donors (Lipinski definition) is 2. The van der Waals surface area contributed by atoms with Gasteiger partial charge in [0.25, 0.3) is 5.91 Å². The molecule has 0 bridgehead atoms. The monoisotopic (exact) mass is 412 g/mol. The van der Waals surface area contributed by atoms with Gasteiger partial charge in [0.15, 0.2) is 0 Å². The Morgan fingerprint density at radius 1 is 1.03 bits per heavy atom. The number of aryl methyl sites for hydroxylation is 1. The third-order valence-electron chi connectivity index (χ3n) is 4.49. The number of ether oxygens (including phenoxy) is 1. The summed E-state index contributed by atoms with van der Waals surface area (Å²) in [5.41, 5.74) is 1.03. The smallest absolute Gasteiger partial charge is 0.251 e. The molecule has 7 heteroatoms. The molecular formula is C22H24N2O4S. The summed E-state index contributed by atoms with van der Waals surface area (Å²) in [6.07, 6.45) is 0. The van der Waals surface area contributed by atoms with Gasteiger partial charge in [-0.15, -0.1) is 0 Å². The standard InChI is InChI=1S/C22H24N2O4S/c1-3-24-29(26,27)18-12-11-16(2)20(15-18)22(25)23-13-14-28-21-10-6-8-17-7-4-5-9-19(17)21/h4-12,15,24H,3,13-14H2,1-2H3,(H,23,25). The minimum atomic E-state index is -3.62. The van der Waals surface area contributed by atoms with E-state index in [1.54, 1.807) is 19.9 Å². The van der Waals surface area contributed by atoms with Crippen molar-refractivity contribution in [2.24, 2.45) is 0 Å². The number of amides is 1. The summed E-state index contributed by atoms with van der Waals surface area (Å²) in [5, 5.41) is 4.89. The molecule has 6 nitrogen and oxygen atoms in total. The number of sulfonamides is 1. The summed E-state index contributed by atoms with van der Waals surface area (Å²) in [5.74, 6) is 0.421. The first-order valence-electron chi connectivity index (χ1n) is 9.41. The molecule has 2 N–H and O–H groups in total. The fraction of sp³-hybridized carbons (Fsp3) is 0.227. The average Bonchev–Trinajstić information content (AvgIpc) is 2.71. The zero-order valence-corrected chi connectivity index (χ0v) is 17.3. The van der Waals surface area contributed by atoms with Crippen molar-refractivity contribution in [1.82, 2.24) is 10.0 Å². The summed E-state index contributed by atoms with van der Waals surface area (Å²) in [4.78, 5) is 12.6. The molecule has 3 aromatic rings. The minimum absolute atomic E-state index is 0.0714. The molecule has 0 radical (unpaired) electrons. The third-order valence-corrected chi connectivity index (χ3v) is 6.04. The molecule has 0 unspecified atom stereocenters. The summed E-state index contributed by atoms with van der Waals surface area (Å²) in [6, 6.07) is 18.3. The summed E-state index contributed by atoms with van der Waals surface area (Å²) < 4.78 is 32.6. The largest absolute Gasteiger partial charge is 0.491 e. The molecule has 0 saturated heterocycles. The number of nitrogens with one attached hydrogen (secondary N) is 2. The van der Waals surface area contributed by atoms with E-state index in [-0.39, 0.29) is 17.3 Å². The average molecular weight is 413 g/mol. The SMILES string of the molecule is CCNS(=O)(=O)c1ccc(C)c(C(=O)NCCOc2cccc3ccccc23)c1. The lowest BCUT2D eigenvalue weighted by Gasteiger charge is -2.12. The Morgan fingerprint density at radius 3 is 2.59 bits per heavy atom. The van der Waals surface area contributed by atoms with Crippen LogP contribution in [0.4, 0.5) is 0 Å². The van der Waals surface area contributed by atoms with E-state index in [1.807, 2.05) is 42.5 Å². The lowest BCUT2D eigenvalue weighted by atomic mass is 10.1. The van der Waals surface area contributed by atoms with Crippen molar-refractivity contribution in [2.75, 3.05) is 19.7 Å². The molecular weight excluding hydrogens is 388 g/mol. The fourth-order valence-electron chi connectivity index (χ4n) is 3.03. The summed E-state index contributed by atoms with van der Waals surface area (Å²) in [6.45, 7) is 4.35. The van der Waals surface area contributed by atoms with E-state index in [2.05, 4.69) is 10.0 Å². The zero-order chi connectivity index (χ0) is 20.9. The molecule has 0 aliphatic carbocycles. The van der Waals surface area contributed by atoms with E-state index in [9.17, 15) is 13.2 Å². The molecule has 3 aromatic carbocycles. The molecule has 0 spiro atoms. The van der Waals surface area contributed by atoms with Gasteiger partial charge in [-0.3, -0.25) is 4.79 Å². The van der Waals surface area contributed by atoms with Crippen molar-refractivity contribution >= 4 is 26.7 Å². The van der Waals surface area contributed by atoms with Crippen LogP contribution in [0.15, 0.2) is 65.6 Å². The highest BCUT2D eigenvalue weighted by molar-refractivity contribution is 7.89. The van der Waals surface area contributed by atoms with E-state index in [0.29, 0.717) is 24.3 Å². The van der Waals surface area contributed by atoms with Gasteiger partial charge in [-0.2, -0.15) is 0 Å². The highest BCUT2D eigenvalue weighted by Crippen LogP contribution is 2.24. The molecule has 1 amide bonds. The van der Waals surface area contributed by atoms with E-state index in [1.165, 1.54) is 12.1 Å². The van der Waals surface area contributed by atoms with Crippen LogP contribution in [0.25, 0.3) is 10.8 Å². The van der Waals surface area contributed by atoms with Gasteiger partial charge >= 0.3 is 0 Å². The number of carbonyl (C=O) groups excluding carboxylic acids is 1. The molecule has 0 aliphatic heterocycles. The van der Waals surface area contributed by atoms with Gasteiger partial charge in [0.2, 0.25) is 10.0 Å². The number of fused-ring (bicyclic) bond motifs is 1. The normalized spacial score (nSPS) is 11.4. The molecule has 0 atom stereocenters. The van der Waals surface area contributed by atoms with Gasteiger partial charge in [0.05, 0.1) is 11.4 Å². The maximum Gasteiger partial charge on any atom is 0.251 e. The molecule has 0 aromatic heterocycles. The number of carbonyl (C=O) groups is 1. The van der Waals surface area contributed by atoms with E-state index < -0.39 is 10.0 Å². The Labute approximate surface area is 170 Å². The second-order valence-corrected chi connectivity index (χ2v) is 8.33. The molecule has 0 saturated carbocycles. The van der Waals surface area contributed by atoms with Crippen molar-refractivity contribution in [1.29, 1.82) is 0 Å². The van der Waals surface area contributed by atoms with E-state index in [0.717, 1.165) is 16.5 Å². The number of benzene rings is 3. The third kappa shape index (κ3) is 4.93. The van der Waals surface area contributed by atoms with Gasteiger partial charge < -0.3 is 10.1 Å². The van der Waals surface area contributed by atoms with Gasteiger partial charge in [-0.05, 0) is 36.1 Å². The predicted molar refractivity (Wildman–Crippen MR) is 114 cm³/mol. The molecule has 3 rings (SSSR count). The van der Waals surface area contributed by atoms with Gasteiger partial charge in [0, 0.05) is 17.5 Å². The Morgan fingerprint density at radius 2 is 1.79 bits per heavy atom. The molecule has 29 heavy (non-hydrogen) atoms. The number of hydrogen-bond acceptors (Lipinski definition) is 4. The van der Waals surface area contributed by atoms with Crippen LogP contribution in [-0.2, 0) is 10.0 Å². The van der Waals surface area contributed by atoms with Crippen LogP contribution in [0.5, 0.6) is 5.75 Å². The van der Waals surface area contributed by atoms with Crippen LogP contribution in [0.1, 0.15) is 22.8 Å². The predicted octanol–water partition coefficient (Wildman–Crippen LogP) is 3.26. The first-order valence-corrected chi connectivity index (χ1v) is 10.9. The second-order valence-electron chi connectivity index (χ2n) is 6.56. The lowest BCUT2D eigenvalue weighted by molar-refractivity contribution is 0.0946. The van der Waals surface area contributed by atoms with Crippen molar-refractivity contribution in [3.63, 3.8) is 0 Å². The van der Waals surface area contributed by atoms with Gasteiger partial charge in [0.1, 0.15) is 12.4 Å². The summed E-state index contributed by atoms with van der Waals surface area (Å²) in [7, 11) is -3.62. The highest BCUT2D eigenvalue weighted by atomic mass is 32.2. The maximum atomic E-state index is 12.5. The lowest BCUT2D eigenvalue weighted by Crippen LogP contribution is -2.29. The van der Waals surface area contributed by atoms with Crippen molar-refractivity contribution < 1.29 is 17.9 Å². The van der Waals surface area contributed by atoms with E-state index >= 15 is 0 Å². The zero-order valence-electron chi connectivity index (χ0n) is 16.4. The Kier molecular flexibility index (Phi) is 6.51. The first kappa shape index (κ1) is 20.8.